The molecule has 0 bridgehead atoms. The van der Waals surface area contributed by atoms with Crippen molar-refractivity contribution in [2.75, 3.05) is 7.05 Å². The minimum Gasteiger partial charge on any atom is -0.336 e. The van der Waals surface area contributed by atoms with Crippen LogP contribution < -0.4 is 5.32 Å². The highest BCUT2D eigenvalue weighted by molar-refractivity contribution is 5.40. The van der Waals surface area contributed by atoms with Crippen LogP contribution in [0.1, 0.15) is 35.2 Å². The van der Waals surface area contributed by atoms with Gasteiger partial charge in [0.15, 0.2) is 0 Å². The molecule has 94 valence electrons. The van der Waals surface area contributed by atoms with Gasteiger partial charge in [-0.15, -0.1) is 0 Å². The van der Waals surface area contributed by atoms with Gasteiger partial charge in [0, 0.05) is 19.3 Å². The molecule has 1 N–H and O–H groups in total. The Morgan fingerprint density at radius 1 is 1.44 bits per heavy atom. The summed E-state index contributed by atoms with van der Waals surface area (Å²) in [6.07, 6.45) is 6.19. The molecule has 0 saturated heterocycles. The molecule has 3 heteroatoms. The summed E-state index contributed by atoms with van der Waals surface area (Å²) < 4.78 is 2.10. The predicted molar refractivity (Wildman–Crippen MR) is 72.5 cm³/mol. The summed E-state index contributed by atoms with van der Waals surface area (Å²) in [5.74, 6) is 0.688. The van der Waals surface area contributed by atoms with Gasteiger partial charge in [-0.2, -0.15) is 0 Å². The van der Waals surface area contributed by atoms with Crippen molar-refractivity contribution in [3.8, 4) is 0 Å². The van der Waals surface area contributed by atoms with Crippen molar-refractivity contribution in [2.45, 2.75) is 24.8 Å². The quantitative estimate of drug-likeness (QED) is 0.891. The molecule has 1 aliphatic rings. The van der Waals surface area contributed by atoms with E-state index in [-0.39, 0.29) is 0 Å². The van der Waals surface area contributed by atoms with E-state index in [9.17, 15) is 0 Å². The molecule has 0 aliphatic heterocycles. The third-order valence-electron chi connectivity index (χ3n) is 4.04. The van der Waals surface area contributed by atoms with Gasteiger partial charge in [-0.1, -0.05) is 24.3 Å². The molecule has 1 aliphatic carbocycles. The van der Waals surface area contributed by atoms with Gasteiger partial charge in [0.1, 0.15) is 0 Å². The average Bonchev–Trinajstić information content (AvgIpc) is 2.77. The van der Waals surface area contributed by atoms with Gasteiger partial charge < -0.3 is 9.88 Å². The van der Waals surface area contributed by atoms with Crippen molar-refractivity contribution in [1.82, 2.24) is 14.9 Å². The summed E-state index contributed by atoms with van der Waals surface area (Å²) in [7, 11) is 4.09. The molecule has 2 aromatic rings. The maximum atomic E-state index is 4.21. The largest absolute Gasteiger partial charge is 0.336 e. The molecule has 1 aromatic heterocycles. The van der Waals surface area contributed by atoms with Crippen molar-refractivity contribution < 1.29 is 0 Å². The van der Waals surface area contributed by atoms with Crippen LogP contribution in [-0.4, -0.2) is 16.6 Å². The summed E-state index contributed by atoms with van der Waals surface area (Å²) in [5.41, 5.74) is 4.31. The number of nitrogens with one attached hydrogen (secondary N) is 1. The van der Waals surface area contributed by atoms with Crippen LogP contribution in [0.25, 0.3) is 0 Å². The zero-order valence-electron chi connectivity index (χ0n) is 10.9. The third-order valence-corrected chi connectivity index (χ3v) is 4.04. The molecule has 0 amide bonds. The summed E-state index contributed by atoms with van der Waals surface area (Å²) in [6, 6.07) is 9.16. The zero-order chi connectivity index (χ0) is 12.5. The number of rotatable bonds is 4. The van der Waals surface area contributed by atoms with Crippen LogP contribution >= 0.6 is 0 Å². The Bertz CT molecular complexity index is 544. The Morgan fingerprint density at radius 2 is 2.28 bits per heavy atom. The second-order valence-electron chi connectivity index (χ2n) is 5.11. The lowest BCUT2D eigenvalue weighted by molar-refractivity contribution is 0.437. The van der Waals surface area contributed by atoms with Crippen molar-refractivity contribution in [3.63, 3.8) is 0 Å². The highest BCUT2D eigenvalue weighted by Gasteiger charge is 2.28. The van der Waals surface area contributed by atoms with E-state index in [2.05, 4.69) is 46.2 Å². The highest BCUT2D eigenvalue weighted by atomic mass is 15.1. The average molecular weight is 241 g/mol. The molecule has 0 fully saturated rings. The number of nitrogens with zero attached hydrogens (tertiary/aromatic N) is 2. The van der Waals surface area contributed by atoms with Crippen LogP contribution in [0.5, 0.6) is 0 Å². The number of aryl methyl sites for hydroxylation is 1. The first-order chi connectivity index (χ1) is 8.79. The molecule has 2 atom stereocenters. The number of benzene rings is 1. The van der Waals surface area contributed by atoms with Crippen LogP contribution in [0, 0.1) is 0 Å². The molecular formula is C15H19N3. The standard InChI is InChI=1S/C15H19N3/c1-16-14(15-9-17-10-18(15)2)8-12-7-11-5-3-4-6-13(11)12/h3-6,9-10,12,14,16H,7-8H2,1-2H3. The van der Waals surface area contributed by atoms with Crippen LogP contribution in [0.4, 0.5) is 0 Å². The first-order valence-corrected chi connectivity index (χ1v) is 6.51. The molecule has 18 heavy (non-hydrogen) atoms. The topological polar surface area (TPSA) is 29.9 Å². The molecular weight excluding hydrogens is 222 g/mol. The van der Waals surface area contributed by atoms with Crippen molar-refractivity contribution >= 4 is 0 Å². The van der Waals surface area contributed by atoms with E-state index in [4.69, 9.17) is 0 Å². The molecule has 0 radical (unpaired) electrons. The van der Waals surface area contributed by atoms with E-state index >= 15 is 0 Å². The first-order valence-electron chi connectivity index (χ1n) is 6.51. The fraction of sp³-hybridized carbons (Fsp3) is 0.400. The van der Waals surface area contributed by atoms with Gasteiger partial charge in [0.25, 0.3) is 0 Å². The first kappa shape index (κ1) is 11.5. The second-order valence-corrected chi connectivity index (χ2v) is 5.11. The maximum absolute atomic E-state index is 4.21. The lowest BCUT2D eigenvalue weighted by atomic mass is 9.74. The van der Waals surface area contributed by atoms with Crippen molar-refractivity contribution in [2.24, 2.45) is 7.05 Å². The van der Waals surface area contributed by atoms with Gasteiger partial charge in [-0.3, -0.25) is 0 Å². The van der Waals surface area contributed by atoms with Crippen LogP contribution in [0.15, 0.2) is 36.8 Å². The summed E-state index contributed by atoms with van der Waals surface area (Å²) in [6.45, 7) is 0. The van der Waals surface area contributed by atoms with Crippen LogP contribution in [0.3, 0.4) is 0 Å². The fourth-order valence-electron chi connectivity index (χ4n) is 2.95. The van der Waals surface area contributed by atoms with E-state index in [1.54, 1.807) is 0 Å². The normalized spacial score (nSPS) is 19.1. The smallest absolute Gasteiger partial charge is 0.0946 e. The Balaban J connectivity index is 1.76. The predicted octanol–water partition coefficient (Wildman–Crippen LogP) is 2.41. The lowest BCUT2D eigenvalue weighted by Gasteiger charge is -2.33. The molecule has 0 saturated carbocycles. The van der Waals surface area contributed by atoms with E-state index < -0.39 is 0 Å². The Hall–Kier alpha value is -1.61. The van der Waals surface area contributed by atoms with Crippen LogP contribution in [-0.2, 0) is 13.5 Å². The van der Waals surface area contributed by atoms with E-state index in [0.717, 1.165) is 6.42 Å². The van der Waals surface area contributed by atoms with Gasteiger partial charge in [0.05, 0.1) is 12.0 Å². The zero-order valence-corrected chi connectivity index (χ0v) is 10.9. The Morgan fingerprint density at radius 3 is 2.94 bits per heavy atom. The monoisotopic (exact) mass is 241 g/mol. The highest BCUT2D eigenvalue weighted by Crippen LogP contribution is 2.40. The Kier molecular flexibility index (Phi) is 2.92. The minimum atomic E-state index is 0.385. The van der Waals surface area contributed by atoms with Gasteiger partial charge in [-0.25, -0.2) is 4.98 Å². The summed E-state index contributed by atoms with van der Waals surface area (Å²) in [5, 5.41) is 3.41. The van der Waals surface area contributed by atoms with Crippen LogP contribution in [0.2, 0.25) is 0 Å². The van der Waals surface area contributed by atoms with Crippen molar-refractivity contribution in [3.05, 3.63) is 53.6 Å². The number of hydrogen-bond acceptors (Lipinski definition) is 2. The maximum Gasteiger partial charge on any atom is 0.0946 e. The molecule has 1 aromatic carbocycles. The molecule has 2 unspecified atom stereocenters. The lowest BCUT2D eigenvalue weighted by Crippen LogP contribution is -2.26. The van der Waals surface area contributed by atoms with Gasteiger partial charge in [-0.05, 0) is 36.9 Å². The molecule has 3 rings (SSSR count). The molecule has 3 nitrogen and oxygen atoms in total. The number of fused-ring (bicyclic) bond motifs is 1. The minimum absolute atomic E-state index is 0.385. The fourth-order valence-corrected chi connectivity index (χ4v) is 2.95. The number of imidazole rings is 1. The van der Waals surface area contributed by atoms with Gasteiger partial charge >= 0.3 is 0 Å². The third kappa shape index (κ3) is 1.85. The second kappa shape index (κ2) is 4.58. The summed E-state index contributed by atoms with van der Waals surface area (Å²) in [4.78, 5) is 4.21. The number of hydrogen-bond donors (Lipinski definition) is 1. The molecule has 0 spiro atoms. The van der Waals surface area contributed by atoms with E-state index in [1.165, 1.54) is 23.2 Å². The van der Waals surface area contributed by atoms with E-state index in [1.807, 2.05) is 19.6 Å². The Labute approximate surface area is 108 Å². The molecule has 1 heterocycles. The van der Waals surface area contributed by atoms with E-state index in [0.29, 0.717) is 12.0 Å². The van der Waals surface area contributed by atoms with Crippen molar-refractivity contribution in [1.29, 1.82) is 0 Å². The van der Waals surface area contributed by atoms with Gasteiger partial charge in [0.2, 0.25) is 0 Å². The number of aromatic nitrogens is 2. The SMILES string of the molecule is CNC(CC1Cc2ccccc21)c1cncn1C. The summed E-state index contributed by atoms with van der Waals surface area (Å²) >= 11 is 0.